The van der Waals surface area contributed by atoms with Crippen LogP contribution in [0.15, 0.2) is 41.4 Å². The Hall–Kier alpha value is -3.22. The fourth-order valence-electron chi connectivity index (χ4n) is 3.47. The van der Waals surface area contributed by atoms with Crippen molar-refractivity contribution in [2.75, 3.05) is 20.3 Å². The average molecular weight is 396 g/mol. The average Bonchev–Trinajstić information content (AvgIpc) is 3.08. The van der Waals surface area contributed by atoms with E-state index in [4.69, 9.17) is 24.7 Å². The van der Waals surface area contributed by atoms with Crippen LogP contribution in [0, 0.1) is 5.41 Å². The number of carbonyl (C=O) groups excluding carboxylic acids is 1. The molecule has 2 N–H and O–H groups in total. The summed E-state index contributed by atoms with van der Waals surface area (Å²) in [7, 11) is 1.34. The van der Waals surface area contributed by atoms with E-state index in [0.29, 0.717) is 35.0 Å². The Kier molecular flexibility index (Phi) is 4.41. The lowest BCUT2D eigenvalue weighted by molar-refractivity contribution is 0.0600. The van der Waals surface area contributed by atoms with Gasteiger partial charge in [-0.2, -0.15) is 0 Å². The number of rotatable bonds is 3. The first kappa shape index (κ1) is 19.1. The van der Waals surface area contributed by atoms with Crippen LogP contribution in [0.2, 0.25) is 0 Å². The van der Waals surface area contributed by atoms with Gasteiger partial charge in [-0.25, -0.2) is 9.79 Å². The van der Waals surface area contributed by atoms with E-state index in [-0.39, 0.29) is 18.0 Å². The van der Waals surface area contributed by atoms with Crippen LogP contribution >= 0.6 is 0 Å². The van der Waals surface area contributed by atoms with Gasteiger partial charge in [-0.05, 0) is 41.8 Å². The monoisotopic (exact) mass is 396 g/mol. The molecule has 0 saturated carbocycles. The van der Waals surface area contributed by atoms with E-state index in [1.165, 1.54) is 7.11 Å². The van der Waals surface area contributed by atoms with Crippen molar-refractivity contribution in [2.24, 2.45) is 16.1 Å². The number of amidine groups is 1. The molecule has 0 amide bonds. The first-order valence-corrected chi connectivity index (χ1v) is 9.38. The van der Waals surface area contributed by atoms with Crippen LogP contribution in [0.5, 0.6) is 17.2 Å². The lowest BCUT2D eigenvalue weighted by Gasteiger charge is -2.34. The summed E-state index contributed by atoms with van der Waals surface area (Å²) in [6, 6.07) is 10.8. The predicted molar refractivity (Wildman–Crippen MR) is 108 cm³/mol. The summed E-state index contributed by atoms with van der Waals surface area (Å²) < 4.78 is 22.5. The Morgan fingerprint density at radius 2 is 1.86 bits per heavy atom. The second-order valence-corrected chi connectivity index (χ2v) is 8.41. The molecule has 0 aromatic heterocycles. The molecule has 7 heteroatoms. The van der Waals surface area contributed by atoms with Gasteiger partial charge in [0, 0.05) is 11.1 Å². The van der Waals surface area contributed by atoms with Crippen LogP contribution in [0.4, 0.5) is 0 Å². The number of nitrogens with two attached hydrogens (primary N) is 1. The second kappa shape index (κ2) is 6.69. The van der Waals surface area contributed by atoms with Gasteiger partial charge in [0.15, 0.2) is 5.54 Å². The topological polar surface area (TPSA) is 92.4 Å². The Bertz CT molecular complexity index is 1010. The smallest absolute Gasteiger partial charge is 0.337 e. The second-order valence-electron chi connectivity index (χ2n) is 8.41. The summed E-state index contributed by atoms with van der Waals surface area (Å²) in [6.45, 7) is 7.09. The van der Waals surface area contributed by atoms with Crippen molar-refractivity contribution in [1.29, 1.82) is 0 Å². The number of fused-ring (bicyclic) bond motifs is 4. The van der Waals surface area contributed by atoms with Gasteiger partial charge >= 0.3 is 5.97 Å². The molecule has 2 heterocycles. The first-order valence-electron chi connectivity index (χ1n) is 9.38. The van der Waals surface area contributed by atoms with Crippen LogP contribution in [0.25, 0.3) is 0 Å². The lowest BCUT2D eigenvalue weighted by Crippen LogP contribution is -2.31. The molecule has 0 fully saturated rings. The number of hydrogen-bond donors (Lipinski definition) is 1. The minimum atomic E-state index is -0.919. The SMILES string of the molecule is COC(=O)c1ccc2c(c1)C1(COC(N)=N1)c1cc(OCC(C)(C)C)ccc1O2. The van der Waals surface area contributed by atoms with Crippen LogP contribution in [0.1, 0.15) is 42.3 Å². The summed E-state index contributed by atoms with van der Waals surface area (Å²) in [5, 5.41) is 0. The van der Waals surface area contributed by atoms with Gasteiger partial charge in [0.1, 0.15) is 23.9 Å². The van der Waals surface area contributed by atoms with Crippen LogP contribution in [-0.2, 0) is 15.0 Å². The Morgan fingerprint density at radius 3 is 2.48 bits per heavy atom. The Morgan fingerprint density at radius 1 is 1.17 bits per heavy atom. The van der Waals surface area contributed by atoms with E-state index in [9.17, 15) is 4.79 Å². The highest BCUT2D eigenvalue weighted by atomic mass is 16.5. The number of aliphatic imine (C=N–C) groups is 1. The van der Waals surface area contributed by atoms with Crippen molar-refractivity contribution in [2.45, 2.75) is 26.3 Å². The summed E-state index contributed by atoms with van der Waals surface area (Å²) in [5.41, 5.74) is 6.87. The summed E-state index contributed by atoms with van der Waals surface area (Å²) in [6.07, 6.45) is 0. The fraction of sp³-hybridized carbons (Fsp3) is 0.364. The van der Waals surface area contributed by atoms with Crippen LogP contribution in [0.3, 0.4) is 0 Å². The van der Waals surface area contributed by atoms with Gasteiger partial charge < -0.3 is 24.7 Å². The minimum absolute atomic E-state index is 0.0190. The van der Waals surface area contributed by atoms with Crippen molar-refractivity contribution in [3.05, 3.63) is 53.1 Å². The third-order valence-corrected chi connectivity index (χ3v) is 4.86. The van der Waals surface area contributed by atoms with Crippen molar-refractivity contribution in [3.63, 3.8) is 0 Å². The molecule has 7 nitrogen and oxygen atoms in total. The van der Waals surface area contributed by atoms with Gasteiger partial charge in [0.2, 0.25) is 0 Å². The summed E-state index contributed by atoms with van der Waals surface area (Å²) >= 11 is 0. The highest BCUT2D eigenvalue weighted by molar-refractivity contribution is 5.90. The molecule has 2 aliphatic heterocycles. The van der Waals surface area contributed by atoms with E-state index in [0.717, 1.165) is 5.56 Å². The molecule has 0 saturated heterocycles. The molecule has 0 radical (unpaired) electrons. The maximum Gasteiger partial charge on any atom is 0.337 e. The number of ether oxygens (including phenoxy) is 4. The molecule has 2 aromatic rings. The number of esters is 1. The van der Waals surface area contributed by atoms with E-state index >= 15 is 0 Å². The molecule has 1 unspecified atom stereocenters. The van der Waals surface area contributed by atoms with Crippen molar-refractivity contribution < 1.29 is 23.7 Å². The first-order chi connectivity index (χ1) is 13.7. The predicted octanol–water partition coefficient (Wildman–Crippen LogP) is 3.59. The number of hydrogen-bond acceptors (Lipinski definition) is 7. The number of nitrogens with zero attached hydrogens (tertiary/aromatic N) is 1. The largest absolute Gasteiger partial charge is 0.493 e. The van der Waals surface area contributed by atoms with Crippen LogP contribution in [-0.4, -0.2) is 32.3 Å². The molecule has 4 rings (SSSR count). The van der Waals surface area contributed by atoms with Crippen molar-refractivity contribution >= 4 is 12.0 Å². The normalized spacial score (nSPS) is 19.5. The van der Waals surface area contributed by atoms with Crippen molar-refractivity contribution in [3.8, 4) is 17.2 Å². The highest BCUT2D eigenvalue weighted by Crippen LogP contribution is 2.51. The van der Waals surface area contributed by atoms with E-state index in [2.05, 4.69) is 25.8 Å². The third kappa shape index (κ3) is 3.37. The molecule has 0 aliphatic carbocycles. The zero-order valence-electron chi connectivity index (χ0n) is 16.9. The molecular weight excluding hydrogens is 372 g/mol. The number of carbonyl (C=O) groups is 1. The number of benzene rings is 2. The van der Waals surface area contributed by atoms with Crippen LogP contribution < -0.4 is 15.2 Å². The van der Waals surface area contributed by atoms with Gasteiger partial charge in [-0.3, -0.25) is 0 Å². The molecule has 0 bridgehead atoms. The fourth-order valence-corrected chi connectivity index (χ4v) is 3.47. The molecule has 1 atom stereocenters. The molecule has 152 valence electrons. The molecule has 1 spiro atoms. The molecular formula is C22H24N2O5. The van der Waals surface area contributed by atoms with Gasteiger partial charge in [0.05, 0.1) is 19.3 Å². The summed E-state index contributed by atoms with van der Waals surface area (Å²) in [5.74, 6) is 1.51. The Balaban J connectivity index is 1.83. The zero-order chi connectivity index (χ0) is 20.8. The van der Waals surface area contributed by atoms with Gasteiger partial charge in [-0.15, -0.1) is 0 Å². The third-order valence-electron chi connectivity index (χ3n) is 4.86. The molecule has 2 aliphatic rings. The Labute approximate surface area is 169 Å². The summed E-state index contributed by atoms with van der Waals surface area (Å²) in [4.78, 5) is 16.7. The highest BCUT2D eigenvalue weighted by Gasteiger charge is 2.47. The van der Waals surface area contributed by atoms with E-state index in [1.54, 1.807) is 18.2 Å². The number of methoxy groups -OCH3 is 1. The van der Waals surface area contributed by atoms with E-state index in [1.807, 2.05) is 18.2 Å². The maximum atomic E-state index is 12.1. The minimum Gasteiger partial charge on any atom is -0.493 e. The quantitative estimate of drug-likeness (QED) is 0.797. The van der Waals surface area contributed by atoms with Gasteiger partial charge in [0.25, 0.3) is 6.02 Å². The molecule has 29 heavy (non-hydrogen) atoms. The van der Waals surface area contributed by atoms with Gasteiger partial charge in [-0.1, -0.05) is 20.8 Å². The maximum absolute atomic E-state index is 12.1. The molecule has 2 aromatic carbocycles. The lowest BCUT2D eigenvalue weighted by atomic mass is 9.80. The standard InChI is InChI=1S/C22H24N2O5/c1-21(2,3)11-27-14-6-8-18-16(10-14)22(12-28-20(23)24-22)15-9-13(19(25)26-4)5-7-17(15)29-18/h5-10H,11-12H2,1-4H3,(H2,23,24). The zero-order valence-corrected chi connectivity index (χ0v) is 16.9. The van der Waals surface area contributed by atoms with Crippen molar-refractivity contribution in [1.82, 2.24) is 0 Å². The van der Waals surface area contributed by atoms with E-state index < -0.39 is 11.5 Å².